The molecule has 2 atom stereocenters. The Hall–Kier alpha value is -5.45. The number of benzene rings is 4. The number of rotatable bonds is 13. The molecule has 1 aliphatic rings. The van der Waals surface area contributed by atoms with Gasteiger partial charge in [-0.25, -0.2) is 4.79 Å². The number of carbonyl (C=O) groups excluding carboxylic acids is 4. The highest BCUT2D eigenvalue weighted by atomic mass is 32.2. The Balaban J connectivity index is 1.18. The molecular weight excluding hydrogens is 715 g/mol. The van der Waals surface area contributed by atoms with E-state index in [2.05, 4.69) is 40.2 Å². The van der Waals surface area contributed by atoms with Gasteiger partial charge in [0.15, 0.2) is 0 Å². The molecule has 0 saturated carbocycles. The third-order valence-electron chi connectivity index (χ3n) is 9.30. The average Bonchev–Trinajstić information content (AvgIpc) is 3.55. The fourth-order valence-electron chi connectivity index (χ4n) is 6.47. The van der Waals surface area contributed by atoms with E-state index in [1.165, 1.54) is 28.7 Å². The second-order valence-corrected chi connectivity index (χ2v) is 15.4. The summed E-state index contributed by atoms with van der Waals surface area (Å²) in [6.45, 7) is 5.90. The third-order valence-corrected chi connectivity index (χ3v) is 11.8. The third kappa shape index (κ3) is 9.37. The quantitative estimate of drug-likeness (QED) is 0.0627. The highest BCUT2D eigenvalue weighted by Gasteiger charge is 2.32. The van der Waals surface area contributed by atoms with Gasteiger partial charge in [-0.15, -0.1) is 23.1 Å². The van der Waals surface area contributed by atoms with E-state index in [1.807, 2.05) is 62.4 Å². The molecule has 2 unspecified atom stereocenters. The van der Waals surface area contributed by atoms with E-state index in [9.17, 15) is 19.2 Å². The van der Waals surface area contributed by atoms with E-state index in [-0.39, 0.29) is 18.2 Å². The maximum Gasteiger partial charge on any atom is 0.341 e. The number of thioether (sulfide) groups is 1. The number of aryl methyl sites for hydroxylation is 1. The zero-order chi connectivity index (χ0) is 38.0. The number of amides is 3. The van der Waals surface area contributed by atoms with Gasteiger partial charge in [-0.05, 0) is 104 Å². The normalized spacial score (nSPS) is 14.4. The first-order chi connectivity index (χ1) is 26.2. The summed E-state index contributed by atoms with van der Waals surface area (Å²) in [7, 11) is 0. The van der Waals surface area contributed by atoms with Crippen molar-refractivity contribution in [2.45, 2.75) is 62.5 Å². The second kappa shape index (κ2) is 18.1. The van der Waals surface area contributed by atoms with Gasteiger partial charge < -0.3 is 20.7 Å². The molecule has 0 fully saturated rings. The van der Waals surface area contributed by atoms with E-state index in [4.69, 9.17) is 4.74 Å². The van der Waals surface area contributed by atoms with Crippen LogP contribution in [0.5, 0.6) is 0 Å². The predicted octanol–water partition coefficient (Wildman–Crippen LogP) is 9.42. The number of hydrogen-bond acceptors (Lipinski definition) is 7. The molecular formula is C44H43N3O5S2. The zero-order valence-electron chi connectivity index (χ0n) is 30.5. The Labute approximate surface area is 324 Å². The van der Waals surface area contributed by atoms with Gasteiger partial charge in [-0.1, -0.05) is 85.8 Å². The number of ether oxygens (including phenoxy) is 1. The van der Waals surface area contributed by atoms with Gasteiger partial charge in [0.25, 0.3) is 11.8 Å². The lowest BCUT2D eigenvalue weighted by molar-refractivity contribution is -0.116. The minimum absolute atomic E-state index is 0.0909. The lowest BCUT2D eigenvalue weighted by Gasteiger charge is -2.23. The van der Waals surface area contributed by atoms with E-state index < -0.39 is 23.0 Å². The van der Waals surface area contributed by atoms with Crippen LogP contribution in [0.3, 0.4) is 0 Å². The first-order valence-electron chi connectivity index (χ1n) is 18.1. The lowest BCUT2D eigenvalue weighted by atomic mass is 9.83. The number of fused-ring (bicyclic) bond motifs is 1. The summed E-state index contributed by atoms with van der Waals surface area (Å²) in [6.07, 6.45) is 4.64. The monoisotopic (exact) mass is 757 g/mol. The molecule has 1 heterocycles. The number of nitrogens with one attached hydrogen (secondary N) is 3. The van der Waals surface area contributed by atoms with Crippen molar-refractivity contribution in [3.05, 3.63) is 153 Å². The summed E-state index contributed by atoms with van der Waals surface area (Å²) in [5.74, 6) is -1.18. The molecule has 3 amide bonds. The first-order valence-corrected chi connectivity index (χ1v) is 19.8. The van der Waals surface area contributed by atoms with E-state index in [0.717, 1.165) is 45.7 Å². The van der Waals surface area contributed by atoms with Gasteiger partial charge in [-0.2, -0.15) is 0 Å². The van der Waals surface area contributed by atoms with E-state index in [0.29, 0.717) is 34.2 Å². The van der Waals surface area contributed by atoms with Crippen molar-refractivity contribution in [1.29, 1.82) is 0 Å². The second-order valence-electron chi connectivity index (χ2n) is 13.0. The van der Waals surface area contributed by atoms with Crippen LogP contribution >= 0.6 is 23.1 Å². The zero-order valence-corrected chi connectivity index (χ0v) is 32.2. The van der Waals surface area contributed by atoms with Crippen molar-refractivity contribution in [1.82, 2.24) is 5.32 Å². The maximum absolute atomic E-state index is 13.9. The number of thiophene rings is 1. The standard InChI is InChI=1S/C44H43N3O5S2/c1-4-37(42(50)47-43-39(44(51)52-5-2)35-24-23-32(26-38(35)54-43)29-16-8-6-9-17-29)53-34-22-14-21-33(27-34)45-41(49)36(25-31-20-13-12-15-28(31)3)46-40(48)30-18-10-7-11-19-30/h6-22,25,27,32,37H,4-5,23-24,26H2,1-3H3,(H,45,49)(H,46,48)(H,47,50)/b36-25-. The van der Waals surface area contributed by atoms with E-state index in [1.54, 1.807) is 49.4 Å². The molecule has 276 valence electrons. The lowest BCUT2D eigenvalue weighted by Crippen LogP contribution is -2.30. The van der Waals surface area contributed by atoms with Gasteiger partial charge in [0.2, 0.25) is 5.91 Å². The SMILES string of the molecule is CCOC(=O)c1c(NC(=O)C(CC)Sc2cccc(NC(=O)/C(=C/c3ccccc3C)NC(=O)c3ccccc3)c2)sc2c1CCC(c1ccccc1)C2. The molecule has 10 heteroatoms. The van der Waals surface area contributed by atoms with Crippen molar-refractivity contribution >= 4 is 63.6 Å². The van der Waals surface area contributed by atoms with Crippen LogP contribution in [-0.2, 0) is 27.2 Å². The Morgan fingerprint density at radius 2 is 1.61 bits per heavy atom. The first kappa shape index (κ1) is 38.3. The summed E-state index contributed by atoms with van der Waals surface area (Å²) in [5, 5.41) is 8.86. The Morgan fingerprint density at radius 1 is 0.889 bits per heavy atom. The molecule has 3 N–H and O–H groups in total. The summed E-state index contributed by atoms with van der Waals surface area (Å²) < 4.78 is 5.46. The summed E-state index contributed by atoms with van der Waals surface area (Å²) in [5.41, 5.74) is 5.49. The van der Waals surface area contributed by atoms with Gasteiger partial charge in [-0.3, -0.25) is 14.4 Å². The highest BCUT2D eigenvalue weighted by molar-refractivity contribution is 8.00. The molecule has 1 aliphatic carbocycles. The number of hydrogen-bond donors (Lipinski definition) is 3. The van der Waals surface area contributed by atoms with Crippen molar-refractivity contribution in [3.63, 3.8) is 0 Å². The van der Waals surface area contributed by atoms with E-state index >= 15 is 0 Å². The van der Waals surface area contributed by atoms with Gasteiger partial charge >= 0.3 is 5.97 Å². The van der Waals surface area contributed by atoms with Crippen LogP contribution in [0.15, 0.2) is 120 Å². The van der Waals surface area contributed by atoms with Crippen molar-refractivity contribution in [2.24, 2.45) is 0 Å². The van der Waals surface area contributed by atoms with Gasteiger partial charge in [0, 0.05) is 21.0 Å². The Kier molecular flexibility index (Phi) is 12.8. The molecule has 6 rings (SSSR count). The van der Waals surface area contributed by atoms with Gasteiger partial charge in [0.1, 0.15) is 10.7 Å². The minimum atomic E-state index is -0.489. The number of esters is 1. The number of carbonyl (C=O) groups is 4. The largest absolute Gasteiger partial charge is 0.462 e. The smallest absolute Gasteiger partial charge is 0.341 e. The molecule has 1 aromatic heterocycles. The van der Waals surface area contributed by atoms with Crippen molar-refractivity contribution in [3.8, 4) is 0 Å². The average molecular weight is 758 g/mol. The van der Waals surface area contributed by atoms with Gasteiger partial charge in [0.05, 0.1) is 17.4 Å². The molecule has 8 nitrogen and oxygen atoms in total. The summed E-state index contributed by atoms with van der Waals surface area (Å²) in [4.78, 5) is 55.8. The molecule has 4 aromatic carbocycles. The summed E-state index contributed by atoms with van der Waals surface area (Å²) >= 11 is 2.84. The van der Waals surface area contributed by atoms with Crippen LogP contribution in [0.4, 0.5) is 10.7 Å². The maximum atomic E-state index is 13.9. The van der Waals surface area contributed by atoms with Crippen LogP contribution in [0.1, 0.15) is 80.5 Å². The topological polar surface area (TPSA) is 114 Å². The van der Waals surface area contributed by atoms with Crippen LogP contribution in [-0.4, -0.2) is 35.5 Å². The molecule has 5 aromatic rings. The van der Waals surface area contributed by atoms with Crippen molar-refractivity contribution in [2.75, 3.05) is 17.2 Å². The molecule has 0 aliphatic heterocycles. The molecule has 0 saturated heterocycles. The van der Waals surface area contributed by atoms with Crippen LogP contribution in [0.2, 0.25) is 0 Å². The fourth-order valence-corrected chi connectivity index (χ4v) is 8.81. The summed E-state index contributed by atoms with van der Waals surface area (Å²) in [6, 6.07) is 34.0. The fraction of sp³-hybridized carbons (Fsp3) is 0.227. The van der Waals surface area contributed by atoms with Crippen LogP contribution in [0, 0.1) is 6.92 Å². The molecule has 54 heavy (non-hydrogen) atoms. The Morgan fingerprint density at radius 3 is 2.33 bits per heavy atom. The predicted molar refractivity (Wildman–Crippen MR) is 218 cm³/mol. The highest BCUT2D eigenvalue weighted by Crippen LogP contribution is 2.43. The Bertz CT molecular complexity index is 2160. The molecule has 0 spiro atoms. The number of anilines is 2. The van der Waals surface area contributed by atoms with Crippen molar-refractivity contribution < 1.29 is 23.9 Å². The van der Waals surface area contributed by atoms with Crippen LogP contribution < -0.4 is 16.0 Å². The molecule has 0 radical (unpaired) electrons. The minimum Gasteiger partial charge on any atom is -0.462 e. The van der Waals surface area contributed by atoms with Crippen LogP contribution in [0.25, 0.3) is 6.08 Å². The molecule has 0 bridgehead atoms.